The number of rotatable bonds is 3. The summed E-state index contributed by atoms with van der Waals surface area (Å²) < 4.78 is 25.2. The smallest absolute Gasteiger partial charge is 0.229 e. The molecule has 1 aliphatic rings. The lowest BCUT2D eigenvalue weighted by Crippen LogP contribution is -2.15. The molecular weight excluding hydrogens is 311 g/mol. The van der Waals surface area contributed by atoms with Gasteiger partial charge in [-0.1, -0.05) is 0 Å². The van der Waals surface area contributed by atoms with Crippen molar-refractivity contribution in [2.24, 2.45) is 0 Å². The second-order valence-electron chi connectivity index (χ2n) is 5.02. The van der Waals surface area contributed by atoms with Crippen molar-refractivity contribution < 1.29 is 13.9 Å². The van der Waals surface area contributed by atoms with Crippen molar-refractivity contribution in [2.45, 2.75) is 0 Å². The van der Waals surface area contributed by atoms with Gasteiger partial charge in [-0.15, -0.1) is 0 Å². The first kappa shape index (κ1) is 14.4. The van der Waals surface area contributed by atoms with Crippen molar-refractivity contribution in [3.8, 4) is 22.8 Å². The van der Waals surface area contributed by atoms with Crippen molar-refractivity contribution in [2.75, 3.05) is 18.5 Å². The Morgan fingerprint density at radius 1 is 1.08 bits per heavy atom. The van der Waals surface area contributed by atoms with Gasteiger partial charge in [0.2, 0.25) is 5.95 Å². The van der Waals surface area contributed by atoms with Crippen molar-refractivity contribution in [1.29, 1.82) is 0 Å². The third-order valence-corrected chi connectivity index (χ3v) is 3.42. The van der Waals surface area contributed by atoms with Crippen LogP contribution in [-0.2, 0) is 0 Å². The van der Waals surface area contributed by atoms with Gasteiger partial charge in [-0.2, -0.15) is 0 Å². The number of hydrogen-bond acceptors (Lipinski definition) is 6. The molecule has 6 nitrogen and oxygen atoms in total. The second-order valence-corrected chi connectivity index (χ2v) is 5.02. The first-order valence-electron chi connectivity index (χ1n) is 7.31. The van der Waals surface area contributed by atoms with Gasteiger partial charge >= 0.3 is 0 Å². The number of anilines is 2. The second kappa shape index (κ2) is 6.11. The van der Waals surface area contributed by atoms with Gasteiger partial charge in [-0.05, 0) is 30.3 Å². The Morgan fingerprint density at radius 2 is 1.96 bits per heavy atom. The van der Waals surface area contributed by atoms with E-state index >= 15 is 0 Å². The predicted molar refractivity (Wildman–Crippen MR) is 84.8 cm³/mol. The largest absolute Gasteiger partial charge is 0.486 e. The summed E-state index contributed by atoms with van der Waals surface area (Å²) >= 11 is 0. The standard InChI is InChI=1S/C17H12FN4O2/c18-12-10-20-17(21-15-3-1-2-6-19-15)22-16(12)11-4-5-13-14(9-11)24-8-7-23-13/h1,3-6,9-10H,7-8H2,(H,19,20,21,22). The Kier molecular flexibility index (Phi) is 3.66. The summed E-state index contributed by atoms with van der Waals surface area (Å²) in [7, 11) is 0. The van der Waals surface area contributed by atoms with E-state index in [1.54, 1.807) is 30.3 Å². The molecule has 24 heavy (non-hydrogen) atoms. The molecule has 7 heteroatoms. The molecule has 1 radical (unpaired) electrons. The maximum Gasteiger partial charge on any atom is 0.229 e. The molecule has 0 unspecified atom stereocenters. The van der Waals surface area contributed by atoms with Crippen LogP contribution in [0.2, 0.25) is 0 Å². The van der Waals surface area contributed by atoms with Crippen LogP contribution in [0.15, 0.2) is 42.7 Å². The topological polar surface area (TPSA) is 69.2 Å². The normalized spacial score (nSPS) is 12.7. The van der Waals surface area contributed by atoms with Crippen molar-refractivity contribution in [3.05, 3.63) is 54.6 Å². The number of hydrogen-bond donors (Lipinski definition) is 1. The zero-order chi connectivity index (χ0) is 16.4. The fraction of sp³-hybridized carbons (Fsp3) is 0.118. The molecule has 0 saturated carbocycles. The first-order chi connectivity index (χ1) is 11.8. The van der Waals surface area contributed by atoms with Crippen LogP contribution in [0.25, 0.3) is 11.3 Å². The van der Waals surface area contributed by atoms with Crippen LogP contribution >= 0.6 is 0 Å². The van der Waals surface area contributed by atoms with Crippen molar-refractivity contribution >= 4 is 11.8 Å². The number of ether oxygens (including phenoxy) is 2. The molecule has 1 aromatic carbocycles. The van der Waals surface area contributed by atoms with Crippen molar-refractivity contribution in [1.82, 2.24) is 15.0 Å². The number of fused-ring (bicyclic) bond motifs is 1. The number of nitrogens with zero attached hydrogens (tertiary/aromatic N) is 3. The summed E-state index contributed by atoms with van der Waals surface area (Å²) in [4.78, 5) is 12.3. The highest BCUT2D eigenvalue weighted by Crippen LogP contribution is 2.34. The van der Waals surface area contributed by atoms with Gasteiger partial charge < -0.3 is 14.8 Å². The fourth-order valence-electron chi connectivity index (χ4n) is 2.33. The van der Waals surface area contributed by atoms with E-state index in [9.17, 15) is 4.39 Å². The monoisotopic (exact) mass is 323 g/mol. The fourth-order valence-corrected chi connectivity index (χ4v) is 2.33. The van der Waals surface area contributed by atoms with E-state index in [0.717, 1.165) is 6.20 Å². The molecule has 0 atom stereocenters. The van der Waals surface area contributed by atoms with E-state index in [2.05, 4.69) is 26.3 Å². The van der Waals surface area contributed by atoms with E-state index in [1.807, 2.05) is 0 Å². The molecule has 0 amide bonds. The molecule has 0 fully saturated rings. The number of nitrogens with one attached hydrogen (secondary N) is 1. The van der Waals surface area contributed by atoms with Gasteiger partial charge in [0.05, 0.1) is 6.20 Å². The zero-order valence-corrected chi connectivity index (χ0v) is 12.5. The highest BCUT2D eigenvalue weighted by Gasteiger charge is 2.16. The maximum absolute atomic E-state index is 14.2. The minimum absolute atomic E-state index is 0.173. The summed E-state index contributed by atoms with van der Waals surface area (Å²) in [5, 5.41) is 2.93. The Balaban J connectivity index is 1.69. The van der Waals surface area contributed by atoms with Gasteiger partial charge in [-0.25, -0.2) is 19.3 Å². The van der Waals surface area contributed by atoms with Crippen LogP contribution in [-0.4, -0.2) is 28.2 Å². The van der Waals surface area contributed by atoms with E-state index in [-0.39, 0.29) is 11.6 Å². The molecule has 119 valence electrons. The summed E-state index contributed by atoms with van der Waals surface area (Å²) in [6, 6.07) is 11.4. The number of halogens is 1. The minimum atomic E-state index is -0.522. The highest BCUT2D eigenvalue weighted by molar-refractivity contribution is 5.66. The van der Waals surface area contributed by atoms with Crippen LogP contribution in [0.5, 0.6) is 11.5 Å². The molecule has 0 bridgehead atoms. The lowest BCUT2D eigenvalue weighted by Gasteiger charge is -2.18. The van der Waals surface area contributed by atoms with Gasteiger partial charge in [0, 0.05) is 17.8 Å². The summed E-state index contributed by atoms with van der Waals surface area (Å²) in [5.74, 6) is 1.49. The van der Waals surface area contributed by atoms with Crippen LogP contribution < -0.4 is 14.8 Å². The molecule has 3 aromatic rings. The van der Waals surface area contributed by atoms with Crippen LogP contribution in [0.1, 0.15) is 0 Å². The molecule has 0 saturated heterocycles. The molecule has 1 aliphatic heterocycles. The third kappa shape index (κ3) is 2.83. The number of aromatic nitrogens is 3. The summed E-state index contributed by atoms with van der Waals surface area (Å²) in [6.45, 7) is 0.968. The molecular formula is C17H12FN4O2. The van der Waals surface area contributed by atoms with Crippen LogP contribution in [0.3, 0.4) is 0 Å². The van der Waals surface area contributed by atoms with Gasteiger partial charge in [0.1, 0.15) is 24.7 Å². The van der Waals surface area contributed by atoms with Crippen LogP contribution in [0, 0.1) is 11.9 Å². The van der Waals surface area contributed by atoms with Crippen molar-refractivity contribution in [3.63, 3.8) is 0 Å². The number of benzene rings is 1. The number of pyridine rings is 1. The average molecular weight is 323 g/mol. The van der Waals surface area contributed by atoms with Gasteiger partial charge in [0.15, 0.2) is 17.3 Å². The molecule has 3 heterocycles. The van der Waals surface area contributed by atoms with Crippen LogP contribution in [0.4, 0.5) is 16.2 Å². The quantitative estimate of drug-likeness (QED) is 0.799. The van der Waals surface area contributed by atoms with Gasteiger partial charge in [-0.3, -0.25) is 0 Å². The summed E-state index contributed by atoms with van der Waals surface area (Å²) in [5.41, 5.74) is 0.753. The predicted octanol–water partition coefficient (Wildman–Crippen LogP) is 2.99. The SMILES string of the molecule is Fc1cnc(Nc2cc[c]cn2)nc1-c1ccc2c(c1)OCCO2. The van der Waals surface area contributed by atoms with E-state index in [4.69, 9.17) is 9.47 Å². The highest BCUT2D eigenvalue weighted by atomic mass is 19.1. The van der Waals surface area contributed by atoms with E-state index in [0.29, 0.717) is 36.1 Å². The molecule has 4 rings (SSSR count). The molecule has 1 N–H and O–H groups in total. The van der Waals surface area contributed by atoms with Gasteiger partial charge in [0.25, 0.3) is 0 Å². The molecule has 2 aromatic heterocycles. The minimum Gasteiger partial charge on any atom is -0.486 e. The third-order valence-electron chi connectivity index (χ3n) is 3.42. The lowest BCUT2D eigenvalue weighted by molar-refractivity contribution is 0.171. The van der Waals surface area contributed by atoms with E-state index in [1.165, 1.54) is 6.20 Å². The van der Waals surface area contributed by atoms with E-state index < -0.39 is 5.82 Å². The summed E-state index contributed by atoms with van der Waals surface area (Å²) in [6.07, 6.45) is 2.64. The first-order valence-corrected chi connectivity index (χ1v) is 7.31. The Labute approximate surface area is 137 Å². The lowest BCUT2D eigenvalue weighted by atomic mass is 10.1. The maximum atomic E-state index is 14.2. The molecule has 0 spiro atoms. The Morgan fingerprint density at radius 3 is 2.79 bits per heavy atom. The zero-order valence-electron chi connectivity index (χ0n) is 12.5. The average Bonchev–Trinajstić information content (AvgIpc) is 2.64. The Bertz CT molecular complexity index is 874. The Hall–Kier alpha value is -3.22. The molecule has 0 aliphatic carbocycles.